The highest BCUT2D eigenvalue weighted by Crippen LogP contribution is 2.19. The van der Waals surface area contributed by atoms with Crippen LogP contribution in [-0.4, -0.2) is 18.2 Å². The van der Waals surface area contributed by atoms with Gasteiger partial charge in [0, 0.05) is 24.8 Å². The van der Waals surface area contributed by atoms with Gasteiger partial charge >= 0.3 is 0 Å². The molecule has 0 fully saturated rings. The molecule has 0 radical (unpaired) electrons. The van der Waals surface area contributed by atoms with Gasteiger partial charge in [0.05, 0.1) is 6.20 Å². The van der Waals surface area contributed by atoms with Gasteiger partial charge in [0.25, 0.3) is 10.0 Å². The van der Waals surface area contributed by atoms with Crippen molar-refractivity contribution >= 4 is 21.4 Å². The zero-order chi connectivity index (χ0) is 12.5. The second kappa shape index (κ2) is 4.59. The zero-order valence-corrected chi connectivity index (χ0v) is 11.1. The summed E-state index contributed by atoms with van der Waals surface area (Å²) in [7, 11) is -1.63. The molecule has 0 spiro atoms. The highest BCUT2D eigenvalue weighted by molar-refractivity contribution is 7.91. The molecule has 17 heavy (non-hydrogen) atoms. The van der Waals surface area contributed by atoms with Crippen LogP contribution in [0.5, 0.6) is 0 Å². The summed E-state index contributed by atoms with van der Waals surface area (Å²) < 4.78 is 28.5. The molecule has 1 N–H and O–H groups in total. The van der Waals surface area contributed by atoms with Gasteiger partial charge in [-0.15, -0.1) is 11.3 Å². The number of rotatable bonds is 4. The number of hydrogen-bond donors (Lipinski definition) is 1. The molecular formula is C10H13N3O2S2. The highest BCUT2D eigenvalue weighted by atomic mass is 32.2. The van der Waals surface area contributed by atoms with Crippen LogP contribution in [0.15, 0.2) is 34.1 Å². The third kappa shape index (κ3) is 2.74. The summed E-state index contributed by atoms with van der Waals surface area (Å²) in [6.07, 6.45) is 3.45. The van der Waals surface area contributed by atoms with Crippen molar-refractivity contribution in [2.45, 2.75) is 17.2 Å². The topological polar surface area (TPSA) is 64.0 Å². The molecule has 0 saturated carbocycles. The molecule has 0 bridgehead atoms. The van der Waals surface area contributed by atoms with Crippen molar-refractivity contribution < 1.29 is 8.42 Å². The molecule has 0 unspecified atom stereocenters. The van der Waals surface area contributed by atoms with Gasteiger partial charge in [0.15, 0.2) is 0 Å². The van der Waals surface area contributed by atoms with E-state index in [4.69, 9.17) is 0 Å². The molecule has 1 atom stereocenters. The molecule has 0 aliphatic carbocycles. The van der Waals surface area contributed by atoms with Crippen molar-refractivity contribution in [1.29, 1.82) is 0 Å². The lowest BCUT2D eigenvalue weighted by molar-refractivity contribution is 0.569. The van der Waals surface area contributed by atoms with E-state index in [-0.39, 0.29) is 6.04 Å². The van der Waals surface area contributed by atoms with Crippen molar-refractivity contribution in [2.75, 3.05) is 0 Å². The van der Waals surface area contributed by atoms with Crippen LogP contribution in [0.25, 0.3) is 0 Å². The zero-order valence-electron chi connectivity index (χ0n) is 9.49. The molecule has 2 rings (SSSR count). The van der Waals surface area contributed by atoms with E-state index in [1.165, 1.54) is 11.3 Å². The Morgan fingerprint density at radius 1 is 1.53 bits per heavy atom. The molecule has 7 heteroatoms. The van der Waals surface area contributed by atoms with Crippen molar-refractivity contribution in [1.82, 2.24) is 14.5 Å². The second-order valence-electron chi connectivity index (χ2n) is 3.72. The van der Waals surface area contributed by atoms with E-state index >= 15 is 0 Å². The molecule has 2 aromatic rings. The van der Waals surface area contributed by atoms with Crippen molar-refractivity contribution in [3.05, 3.63) is 35.5 Å². The molecule has 0 aliphatic rings. The Kier molecular flexibility index (Phi) is 3.32. The first-order valence-electron chi connectivity index (χ1n) is 5.03. The minimum Gasteiger partial charge on any atom is -0.275 e. The van der Waals surface area contributed by atoms with Crippen molar-refractivity contribution in [3.63, 3.8) is 0 Å². The summed E-state index contributed by atoms with van der Waals surface area (Å²) in [5.41, 5.74) is 0.840. The number of nitrogens with zero attached hydrogens (tertiary/aromatic N) is 2. The first kappa shape index (κ1) is 12.3. The van der Waals surface area contributed by atoms with Crippen molar-refractivity contribution in [2.24, 2.45) is 7.05 Å². The molecule has 5 nitrogen and oxygen atoms in total. The molecule has 92 valence electrons. The Morgan fingerprint density at radius 3 is 2.82 bits per heavy atom. The highest BCUT2D eigenvalue weighted by Gasteiger charge is 2.19. The lowest BCUT2D eigenvalue weighted by atomic mass is 10.2. The summed E-state index contributed by atoms with van der Waals surface area (Å²) in [6, 6.07) is 3.01. The molecule has 0 amide bonds. The summed E-state index contributed by atoms with van der Waals surface area (Å²) >= 11 is 1.20. The predicted molar refractivity (Wildman–Crippen MR) is 66.3 cm³/mol. The fourth-order valence-electron chi connectivity index (χ4n) is 1.44. The van der Waals surface area contributed by atoms with E-state index < -0.39 is 10.0 Å². The fourth-order valence-corrected chi connectivity index (χ4v) is 3.68. The van der Waals surface area contributed by atoms with Crippen molar-refractivity contribution in [3.8, 4) is 0 Å². The van der Waals surface area contributed by atoms with Crippen LogP contribution in [0.1, 0.15) is 18.5 Å². The average Bonchev–Trinajstić information content (AvgIpc) is 2.86. The van der Waals surface area contributed by atoms with Crippen LogP contribution in [0, 0.1) is 0 Å². The number of nitrogens with one attached hydrogen (secondary N) is 1. The monoisotopic (exact) mass is 271 g/mol. The number of aryl methyl sites for hydroxylation is 1. The average molecular weight is 271 g/mol. The van der Waals surface area contributed by atoms with Gasteiger partial charge in [-0.2, -0.15) is 5.10 Å². The van der Waals surface area contributed by atoms with Gasteiger partial charge in [-0.3, -0.25) is 4.68 Å². The van der Waals surface area contributed by atoms with E-state index in [0.717, 1.165) is 5.56 Å². The van der Waals surface area contributed by atoms with Gasteiger partial charge in [-0.1, -0.05) is 6.07 Å². The quantitative estimate of drug-likeness (QED) is 0.917. The number of sulfonamides is 1. The first-order chi connectivity index (χ1) is 7.99. The Labute approximate surface area is 104 Å². The smallest absolute Gasteiger partial charge is 0.250 e. The maximum Gasteiger partial charge on any atom is 0.250 e. The van der Waals surface area contributed by atoms with E-state index in [2.05, 4.69) is 9.82 Å². The van der Waals surface area contributed by atoms with Crippen LogP contribution in [0.3, 0.4) is 0 Å². The summed E-state index contributed by atoms with van der Waals surface area (Å²) in [5, 5.41) is 5.75. The Bertz CT molecular complexity index is 587. The van der Waals surface area contributed by atoms with E-state index in [9.17, 15) is 8.42 Å². The summed E-state index contributed by atoms with van der Waals surface area (Å²) in [4.78, 5) is 0. The Morgan fingerprint density at radius 2 is 2.29 bits per heavy atom. The lowest BCUT2D eigenvalue weighted by Gasteiger charge is -2.11. The van der Waals surface area contributed by atoms with Gasteiger partial charge < -0.3 is 0 Å². The van der Waals surface area contributed by atoms with Crippen LogP contribution >= 0.6 is 11.3 Å². The molecule has 0 saturated heterocycles. The maximum atomic E-state index is 12.0. The van der Waals surface area contributed by atoms with Gasteiger partial charge in [0.2, 0.25) is 0 Å². The number of hydrogen-bond acceptors (Lipinski definition) is 4. The first-order valence-corrected chi connectivity index (χ1v) is 7.40. The van der Waals surface area contributed by atoms with Gasteiger partial charge in [0.1, 0.15) is 4.21 Å². The Balaban J connectivity index is 2.17. The lowest BCUT2D eigenvalue weighted by Crippen LogP contribution is -2.26. The third-order valence-electron chi connectivity index (χ3n) is 2.32. The fraction of sp³-hybridized carbons (Fsp3) is 0.300. The van der Waals surface area contributed by atoms with Gasteiger partial charge in [-0.25, -0.2) is 13.1 Å². The minimum atomic E-state index is -3.42. The molecule has 0 aliphatic heterocycles. The van der Waals surface area contributed by atoms with E-state index in [1.807, 2.05) is 0 Å². The third-order valence-corrected chi connectivity index (χ3v) is 5.25. The number of aromatic nitrogens is 2. The normalized spacial score (nSPS) is 13.8. The SMILES string of the molecule is C[C@@H](NS(=O)(=O)c1cccs1)c1cnn(C)c1. The molecule has 2 heterocycles. The second-order valence-corrected chi connectivity index (χ2v) is 6.61. The van der Waals surface area contributed by atoms with E-state index in [1.54, 1.807) is 48.6 Å². The standard InChI is InChI=1S/C10H13N3O2S2/c1-8(9-6-11-13(2)7-9)12-17(14,15)10-4-3-5-16-10/h3-8,12H,1-2H3/t8-/m1/s1. The molecular weight excluding hydrogens is 258 g/mol. The summed E-state index contributed by atoms with van der Waals surface area (Å²) in [6.45, 7) is 1.79. The minimum absolute atomic E-state index is 0.296. The summed E-state index contributed by atoms with van der Waals surface area (Å²) in [5.74, 6) is 0. The van der Waals surface area contributed by atoms with Crippen LogP contribution in [0.2, 0.25) is 0 Å². The van der Waals surface area contributed by atoms with Crippen LogP contribution < -0.4 is 4.72 Å². The maximum absolute atomic E-state index is 12.0. The molecule has 2 aromatic heterocycles. The van der Waals surface area contributed by atoms with Crippen LogP contribution in [-0.2, 0) is 17.1 Å². The Hall–Kier alpha value is -1.18. The molecule has 0 aromatic carbocycles. The largest absolute Gasteiger partial charge is 0.275 e. The van der Waals surface area contributed by atoms with E-state index in [0.29, 0.717) is 4.21 Å². The van der Waals surface area contributed by atoms with Gasteiger partial charge in [-0.05, 0) is 18.4 Å². The van der Waals surface area contributed by atoms with Crippen LogP contribution in [0.4, 0.5) is 0 Å². The predicted octanol–water partition coefficient (Wildman–Crippen LogP) is 1.52. The number of thiophene rings is 1.